The molecule has 2 aliphatic rings. The molecule has 2 fully saturated rings. The number of likely N-dealkylation sites (tertiary alicyclic amines) is 1. The Kier molecular flexibility index (Phi) is 4.72. The maximum atomic E-state index is 13.0. The van der Waals surface area contributed by atoms with E-state index in [0.717, 1.165) is 57.2 Å². The van der Waals surface area contributed by atoms with Crippen molar-refractivity contribution in [1.82, 2.24) is 4.90 Å². The van der Waals surface area contributed by atoms with E-state index >= 15 is 0 Å². The molecule has 1 aliphatic carbocycles. The fraction of sp³-hybridized carbons (Fsp3) is 0.632. The summed E-state index contributed by atoms with van der Waals surface area (Å²) >= 11 is 0. The normalized spacial score (nSPS) is 31.3. The molecule has 1 heterocycles. The van der Waals surface area contributed by atoms with Gasteiger partial charge < -0.3 is 10.6 Å². The predicted molar refractivity (Wildman–Crippen MR) is 89.3 cm³/mol. The smallest absolute Gasteiger partial charge is 0.227 e. The summed E-state index contributed by atoms with van der Waals surface area (Å²) in [6, 6.07) is 6.71. The second-order valence-electron chi connectivity index (χ2n) is 7.57. The van der Waals surface area contributed by atoms with Crippen LogP contribution in [0.25, 0.3) is 0 Å². The van der Waals surface area contributed by atoms with Gasteiger partial charge in [0.2, 0.25) is 5.91 Å². The summed E-state index contributed by atoms with van der Waals surface area (Å²) in [5.41, 5.74) is 7.17. The molecule has 0 radical (unpaired) electrons. The first-order valence-corrected chi connectivity index (χ1v) is 8.78. The lowest BCUT2D eigenvalue weighted by Crippen LogP contribution is -2.53. The van der Waals surface area contributed by atoms with Crippen molar-refractivity contribution in [2.24, 2.45) is 17.6 Å². The Bertz CT molecular complexity index is 555. The SMILES string of the molecule is CC1(N)CCCCC1C(=O)N1CCC(Cc2ccc(F)cc2)C1. The summed E-state index contributed by atoms with van der Waals surface area (Å²) in [7, 11) is 0. The van der Waals surface area contributed by atoms with Crippen LogP contribution in [0.3, 0.4) is 0 Å². The van der Waals surface area contributed by atoms with Gasteiger partial charge >= 0.3 is 0 Å². The summed E-state index contributed by atoms with van der Waals surface area (Å²) in [6.45, 7) is 3.67. The maximum absolute atomic E-state index is 13.0. The highest BCUT2D eigenvalue weighted by Gasteiger charge is 2.41. The van der Waals surface area contributed by atoms with Crippen molar-refractivity contribution in [1.29, 1.82) is 0 Å². The lowest BCUT2D eigenvalue weighted by atomic mass is 9.74. The summed E-state index contributed by atoms with van der Waals surface area (Å²) in [6.07, 6.45) is 6.03. The quantitative estimate of drug-likeness (QED) is 0.931. The molecule has 3 unspecified atom stereocenters. The molecule has 2 N–H and O–H groups in total. The van der Waals surface area contributed by atoms with Gasteiger partial charge in [-0.05, 0) is 56.2 Å². The maximum Gasteiger partial charge on any atom is 0.227 e. The van der Waals surface area contributed by atoms with Crippen molar-refractivity contribution in [3.05, 3.63) is 35.6 Å². The largest absolute Gasteiger partial charge is 0.342 e. The van der Waals surface area contributed by atoms with E-state index < -0.39 is 0 Å². The molecule has 1 amide bonds. The monoisotopic (exact) mass is 318 g/mol. The molecule has 1 aliphatic heterocycles. The third-order valence-corrected chi connectivity index (χ3v) is 5.59. The zero-order valence-corrected chi connectivity index (χ0v) is 13.9. The number of amides is 1. The Labute approximate surface area is 138 Å². The van der Waals surface area contributed by atoms with E-state index in [1.165, 1.54) is 12.1 Å². The van der Waals surface area contributed by atoms with Crippen LogP contribution in [0.2, 0.25) is 0 Å². The van der Waals surface area contributed by atoms with Crippen molar-refractivity contribution in [2.45, 2.75) is 51.0 Å². The second kappa shape index (κ2) is 6.60. The van der Waals surface area contributed by atoms with Gasteiger partial charge in [0.25, 0.3) is 0 Å². The molecular weight excluding hydrogens is 291 g/mol. The Hall–Kier alpha value is -1.42. The zero-order valence-electron chi connectivity index (χ0n) is 13.9. The first-order valence-electron chi connectivity index (χ1n) is 8.78. The topological polar surface area (TPSA) is 46.3 Å². The Morgan fingerprint density at radius 2 is 2.04 bits per heavy atom. The van der Waals surface area contributed by atoms with Gasteiger partial charge in [-0.1, -0.05) is 25.0 Å². The number of nitrogens with zero attached hydrogens (tertiary/aromatic N) is 1. The van der Waals surface area contributed by atoms with Crippen molar-refractivity contribution in [3.8, 4) is 0 Å². The predicted octanol–water partition coefficient (Wildman–Crippen LogP) is 3.12. The Balaban J connectivity index is 1.58. The second-order valence-corrected chi connectivity index (χ2v) is 7.57. The van der Waals surface area contributed by atoms with Crippen LogP contribution in [-0.4, -0.2) is 29.4 Å². The minimum Gasteiger partial charge on any atom is -0.342 e. The van der Waals surface area contributed by atoms with Crippen molar-refractivity contribution in [3.63, 3.8) is 0 Å². The molecular formula is C19H27FN2O. The lowest BCUT2D eigenvalue weighted by molar-refractivity contribution is -0.137. The average Bonchev–Trinajstić information content (AvgIpc) is 2.97. The summed E-state index contributed by atoms with van der Waals surface area (Å²) in [4.78, 5) is 14.9. The molecule has 23 heavy (non-hydrogen) atoms. The lowest BCUT2D eigenvalue weighted by Gasteiger charge is -2.39. The minimum absolute atomic E-state index is 0.0270. The van der Waals surface area contributed by atoms with E-state index in [0.29, 0.717) is 5.92 Å². The van der Waals surface area contributed by atoms with Crippen LogP contribution in [-0.2, 0) is 11.2 Å². The number of nitrogens with two attached hydrogens (primary N) is 1. The average molecular weight is 318 g/mol. The zero-order chi connectivity index (χ0) is 16.4. The molecule has 3 nitrogen and oxygen atoms in total. The number of halogens is 1. The molecule has 3 atom stereocenters. The highest BCUT2D eigenvalue weighted by atomic mass is 19.1. The third kappa shape index (κ3) is 3.74. The van der Waals surface area contributed by atoms with Gasteiger partial charge in [-0.2, -0.15) is 0 Å². The summed E-state index contributed by atoms with van der Waals surface area (Å²) in [5.74, 6) is 0.491. The molecule has 0 bridgehead atoms. The van der Waals surface area contributed by atoms with Gasteiger partial charge in [0, 0.05) is 18.6 Å². The van der Waals surface area contributed by atoms with Crippen molar-refractivity contribution in [2.75, 3.05) is 13.1 Å². The third-order valence-electron chi connectivity index (χ3n) is 5.59. The molecule has 1 aromatic carbocycles. The van der Waals surface area contributed by atoms with Crippen molar-refractivity contribution >= 4 is 5.91 Å². The number of rotatable bonds is 3. The van der Waals surface area contributed by atoms with Gasteiger partial charge in [0.15, 0.2) is 0 Å². The van der Waals surface area contributed by atoms with Crippen LogP contribution < -0.4 is 5.73 Å². The molecule has 0 spiro atoms. The number of benzene rings is 1. The van der Waals surface area contributed by atoms with Crippen molar-refractivity contribution < 1.29 is 9.18 Å². The molecule has 1 saturated carbocycles. The highest BCUT2D eigenvalue weighted by molar-refractivity contribution is 5.80. The summed E-state index contributed by atoms with van der Waals surface area (Å²) in [5, 5.41) is 0. The van der Waals surface area contributed by atoms with Gasteiger partial charge in [-0.3, -0.25) is 4.79 Å². The van der Waals surface area contributed by atoms with E-state index in [-0.39, 0.29) is 23.2 Å². The Morgan fingerprint density at radius 1 is 1.30 bits per heavy atom. The fourth-order valence-corrected chi connectivity index (χ4v) is 4.14. The van der Waals surface area contributed by atoms with Gasteiger partial charge in [-0.15, -0.1) is 0 Å². The van der Waals surface area contributed by atoms with Crippen LogP contribution in [0, 0.1) is 17.7 Å². The highest BCUT2D eigenvalue weighted by Crippen LogP contribution is 2.34. The van der Waals surface area contributed by atoms with Gasteiger partial charge in [0.1, 0.15) is 5.82 Å². The van der Waals surface area contributed by atoms with Gasteiger partial charge in [-0.25, -0.2) is 4.39 Å². The molecule has 1 saturated heterocycles. The molecule has 1 aromatic rings. The minimum atomic E-state index is -0.357. The van der Waals surface area contributed by atoms with E-state index in [9.17, 15) is 9.18 Å². The number of hydrogen-bond acceptors (Lipinski definition) is 2. The van der Waals surface area contributed by atoms with E-state index in [1.807, 2.05) is 24.0 Å². The van der Waals surface area contributed by atoms with Crippen LogP contribution in [0.5, 0.6) is 0 Å². The molecule has 0 aromatic heterocycles. The number of carbonyl (C=O) groups excluding carboxylic acids is 1. The standard InChI is InChI=1S/C19H27FN2O/c1-19(21)10-3-2-4-17(19)18(23)22-11-9-15(13-22)12-14-5-7-16(20)8-6-14/h5-8,15,17H,2-4,9-13,21H2,1H3. The first kappa shape index (κ1) is 16.4. The molecule has 126 valence electrons. The van der Waals surface area contributed by atoms with Crippen LogP contribution in [0.15, 0.2) is 24.3 Å². The van der Waals surface area contributed by atoms with E-state index in [4.69, 9.17) is 5.73 Å². The first-order chi connectivity index (χ1) is 11.0. The number of carbonyl (C=O) groups is 1. The molecule has 3 rings (SSSR count). The fourth-order valence-electron chi connectivity index (χ4n) is 4.14. The van der Waals surface area contributed by atoms with Crippen LogP contribution in [0.4, 0.5) is 4.39 Å². The molecule has 4 heteroatoms. The number of hydrogen-bond donors (Lipinski definition) is 1. The Morgan fingerprint density at radius 3 is 2.74 bits per heavy atom. The van der Waals surface area contributed by atoms with E-state index in [1.54, 1.807) is 0 Å². The van der Waals surface area contributed by atoms with E-state index in [2.05, 4.69) is 0 Å². The van der Waals surface area contributed by atoms with Crippen LogP contribution >= 0.6 is 0 Å². The van der Waals surface area contributed by atoms with Crippen LogP contribution in [0.1, 0.15) is 44.6 Å². The van der Waals surface area contributed by atoms with Gasteiger partial charge in [0.05, 0.1) is 5.92 Å². The summed E-state index contributed by atoms with van der Waals surface area (Å²) < 4.78 is 13.0.